The van der Waals surface area contributed by atoms with Gasteiger partial charge in [-0.3, -0.25) is 9.69 Å². The molecule has 0 spiro atoms. The Bertz CT molecular complexity index is 760. The van der Waals surface area contributed by atoms with E-state index in [1.54, 1.807) is 11.0 Å². The number of nitrogens with one attached hydrogen (secondary N) is 2. The first-order valence-electron chi connectivity index (χ1n) is 7.75. The van der Waals surface area contributed by atoms with Crippen LogP contribution in [0.3, 0.4) is 0 Å². The maximum atomic E-state index is 12.5. The highest BCUT2D eigenvalue weighted by molar-refractivity contribution is 6.07. The molecular weight excluding hydrogens is 290 g/mol. The van der Waals surface area contributed by atoms with E-state index < -0.39 is 0 Å². The van der Waals surface area contributed by atoms with Crippen LogP contribution in [0, 0.1) is 0 Å². The second-order valence-electron chi connectivity index (χ2n) is 5.91. The molecule has 2 heterocycles. The predicted molar refractivity (Wildman–Crippen MR) is 87.5 cm³/mol. The number of carbonyl (C=O) groups excluding carboxylic acids is 2. The lowest BCUT2D eigenvalue weighted by molar-refractivity contribution is 0.0954. The molecule has 2 aromatic carbocycles. The summed E-state index contributed by atoms with van der Waals surface area (Å²) in [6.45, 7) is 0.448. The number of hydrogen-bond donors (Lipinski definition) is 2. The normalized spacial score (nSPS) is 22.7. The van der Waals surface area contributed by atoms with Crippen molar-refractivity contribution in [3.8, 4) is 0 Å². The fraction of sp³-hybridized carbons (Fsp3) is 0.222. The molecule has 2 aliphatic heterocycles. The second-order valence-corrected chi connectivity index (χ2v) is 5.91. The number of carbonyl (C=O) groups is 2. The van der Waals surface area contributed by atoms with Gasteiger partial charge >= 0.3 is 6.03 Å². The molecule has 2 aliphatic rings. The number of benzene rings is 2. The van der Waals surface area contributed by atoms with Crippen LogP contribution in [0.25, 0.3) is 0 Å². The molecule has 116 valence electrons. The molecule has 0 aliphatic carbocycles. The van der Waals surface area contributed by atoms with E-state index in [1.807, 2.05) is 36.4 Å². The lowest BCUT2D eigenvalue weighted by Crippen LogP contribution is -2.44. The van der Waals surface area contributed by atoms with Crippen LogP contribution in [0.1, 0.15) is 15.9 Å². The highest BCUT2D eigenvalue weighted by Crippen LogP contribution is 2.30. The maximum absolute atomic E-state index is 12.5. The third-order valence-corrected chi connectivity index (χ3v) is 4.50. The Morgan fingerprint density at radius 3 is 2.57 bits per heavy atom. The molecule has 0 radical (unpaired) electrons. The molecule has 4 rings (SSSR count). The van der Waals surface area contributed by atoms with Crippen molar-refractivity contribution < 1.29 is 9.59 Å². The first-order chi connectivity index (χ1) is 11.2. The Hall–Kier alpha value is -2.82. The van der Waals surface area contributed by atoms with Crippen molar-refractivity contribution in [3.63, 3.8) is 0 Å². The molecule has 0 aromatic heterocycles. The third kappa shape index (κ3) is 2.34. The first-order valence-corrected chi connectivity index (χ1v) is 7.75. The smallest absolute Gasteiger partial charge is 0.322 e. The summed E-state index contributed by atoms with van der Waals surface area (Å²) in [5.41, 5.74) is 2.40. The molecule has 0 bridgehead atoms. The van der Waals surface area contributed by atoms with Crippen LogP contribution >= 0.6 is 0 Å². The Labute approximate surface area is 134 Å². The van der Waals surface area contributed by atoms with E-state index in [2.05, 4.69) is 22.8 Å². The number of amides is 3. The lowest BCUT2D eigenvalue weighted by atomic mass is 10.00. The summed E-state index contributed by atoms with van der Waals surface area (Å²) in [5, 5.41) is 6.00. The zero-order chi connectivity index (χ0) is 15.8. The van der Waals surface area contributed by atoms with Gasteiger partial charge in [0.15, 0.2) is 0 Å². The molecular formula is C18H17N3O2. The van der Waals surface area contributed by atoms with Crippen LogP contribution in [-0.2, 0) is 6.42 Å². The van der Waals surface area contributed by atoms with Crippen molar-refractivity contribution in [1.82, 2.24) is 10.6 Å². The number of hydrogen-bond acceptors (Lipinski definition) is 2. The van der Waals surface area contributed by atoms with Gasteiger partial charge in [-0.1, -0.05) is 42.5 Å². The van der Waals surface area contributed by atoms with E-state index >= 15 is 0 Å². The fourth-order valence-corrected chi connectivity index (χ4v) is 3.40. The minimum absolute atomic E-state index is 0.0312. The molecule has 1 fully saturated rings. The number of fused-ring (bicyclic) bond motifs is 3. The van der Waals surface area contributed by atoms with Gasteiger partial charge in [0.05, 0.1) is 23.3 Å². The highest BCUT2D eigenvalue weighted by Gasteiger charge is 2.43. The van der Waals surface area contributed by atoms with Gasteiger partial charge in [0, 0.05) is 6.54 Å². The molecule has 1 saturated heterocycles. The number of anilines is 1. The van der Waals surface area contributed by atoms with Crippen molar-refractivity contribution in [2.45, 2.75) is 18.5 Å². The number of rotatable bonds is 2. The third-order valence-electron chi connectivity index (χ3n) is 4.50. The predicted octanol–water partition coefficient (Wildman–Crippen LogP) is 1.94. The maximum Gasteiger partial charge on any atom is 0.322 e. The summed E-state index contributed by atoms with van der Waals surface area (Å²) < 4.78 is 0. The minimum Gasteiger partial charge on any atom is -0.350 e. The van der Waals surface area contributed by atoms with Gasteiger partial charge in [-0.15, -0.1) is 0 Å². The average Bonchev–Trinajstić information content (AvgIpc) is 2.79. The summed E-state index contributed by atoms with van der Waals surface area (Å²) in [5.74, 6) is -0.124. The molecule has 0 saturated carbocycles. The van der Waals surface area contributed by atoms with Gasteiger partial charge < -0.3 is 10.6 Å². The van der Waals surface area contributed by atoms with E-state index in [0.717, 1.165) is 6.42 Å². The summed E-state index contributed by atoms with van der Waals surface area (Å²) in [6.07, 6.45) is 0.742. The number of nitrogens with zero attached hydrogens (tertiary/aromatic N) is 1. The SMILES string of the molecule is O=C1NC[C@@H]2[C@H](Cc3ccccc3)NC(=O)N2c2ccccc21. The number of urea groups is 1. The lowest BCUT2D eigenvalue weighted by Gasteiger charge is -2.24. The Balaban J connectivity index is 1.69. The van der Waals surface area contributed by atoms with Gasteiger partial charge in [-0.25, -0.2) is 4.79 Å². The average molecular weight is 307 g/mol. The van der Waals surface area contributed by atoms with Crippen molar-refractivity contribution in [2.75, 3.05) is 11.4 Å². The van der Waals surface area contributed by atoms with E-state index in [-0.39, 0.29) is 24.0 Å². The monoisotopic (exact) mass is 307 g/mol. The quantitative estimate of drug-likeness (QED) is 0.890. The minimum atomic E-state index is -0.139. The molecule has 5 heteroatoms. The molecule has 2 N–H and O–H groups in total. The van der Waals surface area contributed by atoms with E-state index in [0.29, 0.717) is 17.8 Å². The molecule has 23 heavy (non-hydrogen) atoms. The molecule has 0 unspecified atom stereocenters. The van der Waals surface area contributed by atoms with E-state index in [9.17, 15) is 9.59 Å². The summed E-state index contributed by atoms with van der Waals surface area (Å²) in [7, 11) is 0. The van der Waals surface area contributed by atoms with Crippen molar-refractivity contribution >= 4 is 17.6 Å². The van der Waals surface area contributed by atoms with Crippen LogP contribution in [0.2, 0.25) is 0 Å². The van der Waals surface area contributed by atoms with Crippen molar-refractivity contribution in [2.24, 2.45) is 0 Å². The molecule has 2 aromatic rings. The standard InChI is InChI=1S/C18H17N3O2/c22-17-13-8-4-5-9-15(13)21-16(11-19-17)14(20-18(21)23)10-12-6-2-1-3-7-12/h1-9,14,16H,10-11H2,(H,19,22)(H,20,23)/t14-,16+/m0/s1. The van der Waals surface area contributed by atoms with Crippen LogP contribution in [0.15, 0.2) is 54.6 Å². The van der Waals surface area contributed by atoms with Gasteiger partial charge in [0.2, 0.25) is 0 Å². The van der Waals surface area contributed by atoms with Crippen LogP contribution in [0.4, 0.5) is 10.5 Å². The Morgan fingerprint density at radius 1 is 1.00 bits per heavy atom. The fourth-order valence-electron chi connectivity index (χ4n) is 3.40. The van der Waals surface area contributed by atoms with Crippen LogP contribution < -0.4 is 15.5 Å². The van der Waals surface area contributed by atoms with Crippen LogP contribution in [0.5, 0.6) is 0 Å². The zero-order valence-corrected chi connectivity index (χ0v) is 12.5. The Morgan fingerprint density at radius 2 is 1.74 bits per heavy atom. The van der Waals surface area contributed by atoms with E-state index in [4.69, 9.17) is 0 Å². The van der Waals surface area contributed by atoms with Crippen molar-refractivity contribution in [1.29, 1.82) is 0 Å². The van der Waals surface area contributed by atoms with Gasteiger partial charge in [0.25, 0.3) is 5.91 Å². The van der Waals surface area contributed by atoms with Gasteiger partial charge in [-0.05, 0) is 24.1 Å². The highest BCUT2D eigenvalue weighted by atomic mass is 16.2. The van der Waals surface area contributed by atoms with Gasteiger partial charge in [0.1, 0.15) is 0 Å². The topological polar surface area (TPSA) is 61.4 Å². The molecule has 5 nitrogen and oxygen atoms in total. The largest absolute Gasteiger partial charge is 0.350 e. The number of para-hydroxylation sites is 1. The first kappa shape index (κ1) is 13.8. The second kappa shape index (κ2) is 5.43. The molecule has 3 amide bonds. The Kier molecular flexibility index (Phi) is 3.26. The van der Waals surface area contributed by atoms with Gasteiger partial charge in [-0.2, -0.15) is 0 Å². The summed E-state index contributed by atoms with van der Waals surface area (Å²) in [6, 6.07) is 17.1. The molecule has 2 atom stereocenters. The summed E-state index contributed by atoms with van der Waals surface area (Å²) >= 11 is 0. The van der Waals surface area contributed by atoms with Crippen LogP contribution in [-0.4, -0.2) is 30.6 Å². The van der Waals surface area contributed by atoms with Crippen molar-refractivity contribution in [3.05, 3.63) is 65.7 Å². The zero-order valence-electron chi connectivity index (χ0n) is 12.5. The summed E-state index contributed by atoms with van der Waals surface area (Å²) in [4.78, 5) is 26.5. The van der Waals surface area contributed by atoms with E-state index in [1.165, 1.54) is 5.56 Å².